The highest BCUT2D eigenvalue weighted by Crippen LogP contribution is 2.24. The Morgan fingerprint density at radius 3 is 2.68 bits per heavy atom. The lowest BCUT2D eigenvalue weighted by atomic mass is 9.96. The molecule has 0 aliphatic carbocycles. The number of nitrogens with zero attached hydrogens (tertiary/aromatic N) is 7. The first kappa shape index (κ1) is 20.8. The van der Waals surface area contributed by atoms with Crippen LogP contribution in [0.4, 0.5) is 10.9 Å². The van der Waals surface area contributed by atoms with Crippen molar-refractivity contribution >= 4 is 34.2 Å². The first-order valence-corrected chi connectivity index (χ1v) is 10.8. The van der Waals surface area contributed by atoms with Gasteiger partial charge in [0, 0.05) is 24.4 Å². The molecule has 4 heterocycles. The van der Waals surface area contributed by atoms with Crippen molar-refractivity contribution in [2.45, 2.75) is 26.2 Å². The number of hydrogen-bond donors (Lipinski definition) is 1. The Kier molecular flexibility index (Phi) is 6.46. The SMILES string of the molecule is CCOC(=O)Cc1csc(NC(=O)C2CCN(c3ccc(-n4cncn4)nn3)CC2)n1. The van der Waals surface area contributed by atoms with Crippen molar-refractivity contribution in [3.05, 3.63) is 35.9 Å². The van der Waals surface area contributed by atoms with Crippen LogP contribution in [0.2, 0.25) is 0 Å². The van der Waals surface area contributed by atoms with E-state index in [0.717, 1.165) is 5.82 Å². The second-order valence-corrected chi connectivity index (χ2v) is 7.82. The third-order valence-corrected chi connectivity index (χ3v) is 5.70. The second-order valence-electron chi connectivity index (χ2n) is 6.97. The summed E-state index contributed by atoms with van der Waals surface area (Å²) in [5, 5.41) is 17.6. The molecule has 0 unspecified atom stereocenters. The van der Waals surface area contributed by atoms with Gasteiger partial charge in [0.25, 0.3) is 0 Å². The summed E-state index contributed by atoms with van der Waals surface area (Å²) in [6, 6.07) is 3.73. The highest BCUT2D eigenvalue weighted by Gasteiger charge is 2.26. The summed E-state index contributed by atoms with van der Waals surface area (Å²) in [7, 11) is 0. The molecule has 1 saturated heterocycles. The van der Waals surface area contributed by atoms with Gasteiger partial charge in [0.1, 0.15) is 12.7 Å². The van der Waals surface area contributed by atoms with E-state index in [1.54, 1.807) is 23.3 Å². The lowest BCUT2D eigenvalue weighted by Gasteiger charge is -2.31. The minimum absolute atomic E-state index is 0.0516. The standard InChI is InChI=1S/C19H22N8O3S/c1-2-30-17(28)9-14-10-31-19(22-14)23-18(29)13-5-7-26(8-6-13)15-3-4-16(25-24-15)27-12-20-11-21-27/h3-4,10-13H,2,5-9H2,1H3,(H,22,23,29). The van der Waals surface area contributed by atoms with Gasteiger partial charge in [0.15, 0.2) is 16.8 Å². The minimum atomic E-state index is -0.324. The van der Waals surface area contributed by atoms with Gasteiger partial charge in [-0.1, -0.05) is 0 Å². The number of piperidine rings is 1. The molecule has 0 spiro atoms. The highest BCUT2D eigenvalue weighted by molar-refractivity contribution is 7.13. The van der Waals surface area contributed by atoms with Crippen LogP contribution in [0.1, 0.15) is 25.5 Å². The van der Waals surface area contributed by atoms with Crippen LogP contribution < -0.4 is 10.2 Å². The molecule has 11 nitrogen and oxygen atoms in total. The number of carbonyl (C=O) groups is 2. The monoisotopic (exact) mass is 442 g/mol. The Morgan fingerprint density at radius 2 is 2.00 bits per heavy atom. The van der Waals surface area contributed by atoms with Crippen molar-refractivity contribution in [1.82, 2.24) is 29.9 Å². The first-order chi connectivity index (χ1) is 15.1. The van der Waals surface area contributed by atoms with Gasteiger partial charge in [0.05, 0.1) is 18.7 Å². The number of aromatic nitrogens is 6. The fourth-order valence-electron chi connectivity index (χ4n) is 3.32. The fraction of sp³-hybridized carbons (Fsp3) is 0.421. The normalized spacial score (nSPS) is 14.4. The predicted molar refractivity (Wildman–Crippen MR) is 113 cm³/mol. The zero-order chi connectivity index (χ0) is 21.6. The molecule has 31 heavy (non-hydrogen) atoms. The van der Waals surface area contributed by atoms with Crippen LogP contribution in [0.25, 0.3) is 5.82 Å². The first-order valence-electron chi connectivity index (χ1n) is 9.97. The van der Waals surface area contributed by atoms with Crippen molar-refractivity contribution in [2.24, 2.45) is 5.92 Å². The summed E-state index contributed by atoms with van der Waals surface area (Å²) in [5.41, 5.74) is 0.599. The van der Waals surface area contributed by atoms with Gasteiger partial charge in [-0.3, -0.25) is 9.59 Å². The zero-order valence-electron chi connectivity index (χ0n) is 17.0. The summed E-state index contributed by atoms with van der Waals surface area (Å²) in [6.45, 7) is 3.52. The largest absolute Gasteiger partial charge is 0.466 e. The summed E-state index contributed by atoms with van der Waals surface area (Å²) < 4.78 is 6.47. The fourth-order valence-corrected chi connectivity index (χ4v) is 4.03. The molecule has 1 aliphatic heterocycles. The summed E-state index contributed by atoms with van der Waals surface area (Å²) >= 11 is 1.31. The maximum Gasteiger partial charge on any atom is 0.311 e. The van der Waals surface area contributed by atoms with Crippen molar-refractivity contribution in [3.63, 3.8) is 0 Å². The molecule has 0 saturated carbocycles. The van der Waals surface area contributed by atoms with Crippen LogP contribution in [0.15, 0.2) is 30.2 Å². The quantitative estimate of drug-likeness (QED) is 0.541. The smallest absolute Gasteiger partial charge is 0.311 e. The second kappa shape index (κ2) is 9.60. The predicted octanol–water partition coefficient (Wildman–Crippen LogP) is 1.47. The molecule has 0 aromatic carbocycles. The summed E-state index contributed by atoms with van der Waals surface area (Å²) in [4.78, 5) is 34.5. The number of hydrogen-bond acceptors (Lipinski definition) is 10. The van der Waals surface area contributed by atoms with E-state index >= 15 is 0 Å². The van der Waals surface area contributed by atoms with Gasteiger partial charge in [-0.05, 0) is 31.9 Å². The molecule has 162 valence electrons. The molecule has 3 aromatic rings. The Morgan fingerprint density at radius 1 is 1.23 bits per heavy atom. The van der Waals surface area contributed by atoms with Gasteiger partial charge >= 0.3 is 5.97 Å². The van der Waals surface area contributed by atoms with E-state index in [2.05, 4.69) is 35.5 Å². The Balaban J connectivity index is 1.27. The lowest BCUT2D eigenvalue weighted by Crippen LogP contribution is -2.38. The third-order valence-electron chi connectivity index (χ3n) is 4.89. The van der Waals surface area contributed by atoms with Crippen LogP contribution in [0, 0.1) is 5.92 Å². The van der Waals surface area contributed by atoms with Gasteiger partial charge in [0.2, 0.25) is 5.91 Å². The number of rotatable bonds is 7. The maximum atomic E-state index is 12.6. The molecule has 0 bridgehead atoms. The Labute approximate surface area is 182 Å². The number of carbonyl (C=O) groups excluding carboxylic acids is 2. The Hall–Kier alpha value is -3.41. The van der Waals surface area contributed by atoms with Crippen LogP contribution >= 0.6 is 11.3 Å². The van der Waals surface area contributed by atoms with Gasteiger partial charge < -0.3 is 15.0 Å². The Bertz CT molecular complexity index is 1010. The summed E-state index contributed by atoms with van der Waals surface area (Å²) in [6.07, 6.45) is 4.53. The average Bonchev–Trinajstić information content (AvgIpc) is 3.47. The van der Waals surface area contributed by atoms with Gasteiger partial charge in [-0.15, -0.1) is 21.5 Å². The summed E-state index contributed by atoms with van der Waals surface area (Å²) in [5.74, 6) is 0.892. The molecule has 1 fully saturated rings. The molecule has 3 aromatic heterocycles. The average molecular weight is 443 g/mol. The minimum Gasteiger partial charge on any atom is -0.466 e. The third kappa shape index (κ3) is 5.20. The molecule has 1 N–H and O–H groups in total. The van der Waals surface area contributed by atoms with Crippen molar-refractivity contribution in [2.75, 3.05) is 29.9 Å². The van der Waals surface area contributed by atoms with E-state index in [1.165, 1.54) is 17.7 Å². The number of amides is 1. The van der Waals surface area contributed by atoms with Crippen molar-refractivity contribution in [3.8, 4) is 5.82 Å². The zero-order valence-corrected chi connectivity index (χ0v) is 17.8. The molecular formula is C19H22N8O3S. The number of ether oxygens (including phenoxy) is 1. The molecular weight excluding hydrogens is 420 g/mol. The van der Waals surface area contributed by atoms with E-state index in [-0.39, 0.29) is 24.2 Å². The number of nitrogens with one attached hydrogen (secondary N) is 1. The molecule has 0 atom stereocenters. The van der Waals surface area contributed by atoms with Gasteiger partial charge in [-0.2, -0.15) is 5.10 Å². The van der Waals surface area contributed by atoms with Crippen LogP contribution in [-0.4, -0.2) is 61.5 Å². The van der Waals surface area contributed by atoms with E-state index in [0.29, 0.717) is 49.2 Å². The van der Waals surface area contributed by atoms with Crippen LogP contribution in [-0.2, 0) is 20.7 Å². The number of thiazole rings is 1. The molecule has 1 amide bonds. The van der Waals surface area contributed by atoms with E-state index < -0.39 is 0 Å². The van der Waals surface area contributed by atoms with Gasteiger partial charge in [-0.25, -0.2) is 14.6 Å². The molecule has 4 rings (SSSR count). The van der Waals surface area contributed by atoms with Crippen molar-refractivity contribution in [1.29, 1.82) is 0 Å². The molecule has 12 heteroatoms. The lowest BCUT2D eigenvalue weighted by molar-refractivity contribution is -0.142. The topological polar surface area (TPSA) is 128 Å². The maximum absolute atomic E-state index is 12.6. The molecule has 0 radical (unpaired) electrons. The van der Waals surface area contributed by atoms with Crippen LogP contribution in [0.3, 0.4) is 0 Å². The highest BCUT2D eigenvalue weighted by atomic mass is 32.1. The molecule has 1 aliphatic rings. The van der Waals surface area contributed by atoms with E-state index in [9.17, 15) is 9.59 Å². The van der Waals surface area contributed by atoms with E-state index in [4.69, 9.17) is 4.74 Å². The van der Waals surface area contributed by atoms with Crippen molar-refractivity contribution < 1.29 is 14.3 Å². The number of anilines is 2. The van der Waals surface area contributed by atoms with Crippen LogP contribution in [0.5, 0.6) is 0 Å². The number of esters is 1. The van der Waals surface area contributed by atoms with E-state index in [1.807, 2.05) is 12.1 Å².